The van der Waals surface area contributed by atoms with Gasteiger partial charge in [0, 0.05) is 23.1 Å². The normalized spacial score (nSPS) is 11.2. The van der Waals surface area contributed by atoms with E-state index in [1.807, 2.05) is 26.0 Å². The second-order valence-electron chi connectivity index (χ2n) is 7.72. The molecule has 4 aromatic heterocycles. The number of rotatable bonds is 4. The van der Waals surface area contributed by atoms with E-state index >= 15 is 0 Å². The van der Waals surface area contributed by atoms with Gasteiger partial charge in [0.25, 0.3) is 0 Å². The van der Waals surface area contributed by atoms with E-state index in [0.29, 0.717) is 28.2 Å². The van der Waals surface area contributed by atoms with Gasteiger partial charge in [-0.25, -0.2) is 14.2 Å². The number of hydrogen-bond donors (Lipinski definition) is 1. The lowest BCUT2D eigenvalue weighted by atomic mass is 9.99. The summed E-state index contributed by atoms with van der Waals surface area (Å²) in [6.45, 7) is 3.92. The molecule has 1 aromatic carbocycles. The van der Waals surface area contributed by atoms with Crippen LogP contribution >= 0.6 is 0 Å². The molecule has 0 bridgehead atoms. The van der Waals surface area contributed by atoms with Crippen LogP contribution in [-0.2, 0) is 6.54 Å². The highest BCUT2D eigenvalue weighted by molar-refractivity contribution is 5.88. The molecule has 0 aliphatic carbocycles. The monoisotopic (exact) mass is 443 g/mol. The smallest absolute Gasteiger partial charge is 0.290 e. The third-order valence-electron chi connectivity index (χ3n) is 5.25. The van der Waals surface area contributed by atoms with Crippen LogP contribution in [-0.4, -0.2) is 29.4 Å². The second-order valence-corrected chi connectivity index (χ2v) is 7.72. The zero-order chi connectivity index (χ0) is 23.1. The van der Waals surface area contributed by atoms with Gasteiger partial charge >= 0.3 is 11.6 Å². The minimum Gasteiger partial charge on any atom is -0.290 e. The first-order chi connectivity index (χ1) is 15.9. The maximum absolute atomic E-state index is 13.6. The fourth-order valence-electron chi connectivity index (χ4n) is 3.90. The number of halogens is 1. The molecule has 164 valence electrons. The summed E-state index contributed by atoms with van der Waals surface area (Å²) in [6, 6.07) is 13.4. The Labute approximate surface area is 187 Å². The molecule has 0 fully saturated rings. The van der Waals surface area contributed by atoms with E-state index in [1.165, 1.54) is 21.2 Å². The fourth-order valence-corrected chi connectivity index (χ4v) is 3.90. The Kier molecular flexibility index (Phi) is 4.89. The van der Waals surface area contributed by atoms with E-state index in [2.05, 4.69) is 25.3 Å². The van der Waals surface area contributed by atoms with Crippen molar-refractivity contribution in [1.82, 2.24) is 29.4 Å². The number of nitrogens with zero attached hydrogens (tertiary/aromatic N) is 6. The van der Waals surface area contributed by atoms with Crippen molar-refractivity contribution < 1.29 is 9.37 Å². The topological polar surface area (TPSA) is 118 Å². The van der Waals surface area contributed by atoms with E-state index < -0.39 is 5.69 Å². The largest absolute Gasteiger partial charge is 0.411 e. The summed E-state index contributed by atoms with van der Waals surface area (Å²) in [5, 5.41) is 12.5. The lowest BCUT2D eigenvalue weighted by Gasteiger charge is -2.10. The number of fused-ring (bicyclic) bond motifs is 1. The molecule has 0 aliphatic rings. The van der Waals surface area contributed by atoms with Crippen molar-refractivity contribution >= 4 is 11.6 Å². The van der Waals surface area contributed by atoms with Crippen LogP contribution in [0.15, 0.2) is 59.5 Å². The Balaban J connectivity index is 1.83. The first kappa shape index (κ1) is 20.4. The number of benzene rings is 1. The lowest BCUT2D eigenvalue weighted by molar-refractivity contribution is -0.351. The van der Waals surface area contributed by atoms with Gasteiger partial charge in [-0.05, 0) is 67.9 Å². The quantitative estimate of drug-likeness (QED) is 0.455. The molecule has 9 nitrogen and oxygen atoms in total. The Hall–Kier alpha value is -4.47. The first-order valence-corrected chi connectivity index (χ1v) is 10.2. The molecule has 0 spiro atoms. The van der Waals surface area contributed by atoms with Gasteiger partial charge in [-0.15, -0.1) is 9.50 Å². The van der Waals surface area contributed by atoms with E-state index in [9.17, 15) is 9.18 Å². The molecule has 0 amide bonds. The molecule has 4 heterocycles. The molecule has 33 heavy (non-hydrogen) atoms. The van der Waals surface area contributed by atoms with E-state index in [4.69, 9.17) is 5.73 Å². The molecule has 0 atom stereocenters. The number of aryl methyl sites for hydroxylation is 2. The number of H-pyrrole nitrogens is 1. The predicted molar refractivity (Wildman–Crippen MR) is 120 cm³/mol. The number of nitrogens with two attached hydrogens (primary N) is 1. The number of aromatic nitrogens is 7. The third kappa shape index (κ3) is 3.71. The number of anilines is 1. The van der Waals surface area contributed by atoms with Crippen molar-refractivity contribution in [1.29, 1.82) is 0 Å². The van der Waals surface area contributed by atoms with Gasteiger partial charge < -0.3 is 0 Å². The molecule has 3 N–H and O–H groups in total. The van der Waals surface area contributed by atoms with E-state index in [0.717, 1.165) is 17.0 Å². The molecule has 0 saturated carbocycles. The maximum atomic E-state index is 13.6. The summed E-state index contributed by atoms with van der Waals surface area (Å²) < 4.78 is 16.2. The van der Waals surface area contributed by atoms with Crippen LogP contribution in [0.5, 0.6) is 0 Å². The molecule has 5 aromatic rings. The SMILES string of the molecule is Cc1cc(-c2c(-c3ccc(F)cc3)[nH+]c(N)n3c(=O)n(Cc4cccnn4)nc23)cc(C)n1. The van der Waals surface area contributed by atoms with Gasteiger partial charge in [-0.3, -0.25) is 10.7 Å². The summed E-state index contributed by atoms with van der Waals surface area (Å²) in [5.41, 5.74) is 11.2. The average Bonchev–Trinajstić information content (AvgIpc) is 3.10. The van der Waals surface area contributed by atoms with Crippen molar-refractivity contribution in [3.63, 3.8) is 0 Å². The van der Waals surface area contributed by atoms with Crippen LogP contribution in [0.25, 0.3) is 28.0 Å². The van der Waals surface area contributed by atoms with Gasteiger partial charge in [0.15, 0.2) is 0 Å². The molecular weight excluding hydrogens is 423 g/mol. The van der Waals surface area contributed by atoms with Crippen LogP contribution in [0.4, 0.5) is 10.3 Å². The zero-order valence-corrected chi connectivity index (χ0v) is 18.0. The van der Waals surface area contributed by atoms with Gasteiger partial charge in [0.1, 0.15) is 11.5 Å². The Morgan fingerprint density at radius 3 is 2.45 bits per heavy atom. The number of pyridine rings is 1. The Bertz CT molecular complexity index is 1520. The number of hydrogen-bond acceptors (Lipinski definition) is 6. The van der Waals surface area contributed by atoms with Crippen LogP contribution in [0.2, 0.25) is 0 Å². The Morgan fingerprint density at radius 2 is 1.79 bits per heavy atom. The highest BCUT2D eigenvalue weighted by Crippen LogP contribution is 2.33. The maximum Gasteiger partial charge on any atom is 0.411 e. The summed E-state index contributed by atoms with van der Waals surface area (Å²) in [6.07, 6.45) is 1.56. The Morgan fingerprint density at radius 1 is 1.06 bits per heavy atom. The summed E-state index contributed by atoms with van der Waals surface area (Å²) in [7, 11) is 0. The highest BCUT2D eigenvalue weighted by atomic mass is 19.1. The van der Waals surface area contributed by atoms with Crippen molar-refractivity contribution in [2.75, 3.05) is 5.73 Å². The van der Waals surface area contributed by atoms with Crippen LogP contribution in [0.1, 0.15) is 17.1 Å². The van der Waals surface area contributed by atoms with Gasteiger partial charge in [-0.1, -0.05) is 0 Å². The van der Waals surface area contributed by atoms with Crippen molar-refractivity contribution in [2.45, 2.75) is 20.4 Å². The number of aromatic amines is 1. The summed E-state index contributed by atoms with van der Waals surface area (Å²) in [4.78, 5) is 20.8. The van der Waals surface area contributed by atoms with Crippen molar-refractivity contribution in [3.8, 4) is 22.4 Å². The third-order valence-corrected chi connectivity index (χ3v) is 5.25. The van der Waals surface area contributed by atoms with Crippen LogP contribution in [0.3, 0.4) is 0 Å². The molecule has 5 rings (SSSR count). The van der Waals surface area contributed by atoms with Crippen LogP contribution < -0.4 is 16.4 Å². The predicted octanol–water partition coefficient (Wildman–Crippen LogP) is 2.22. The van der Waals surface area contributed by atoms with E-state index in [1.54, 1.807) is 30.5 Å². The fraction of sp³-hybridized carbons (Fsp3) is 0.130. The number of nitrogen functional groups attached to an aromatic ring is 1. The minimum atomic E-state index is -0.418. The average molecular weight is 443 g/mol. The van der Waals surface area contributed by atoms with E-state index in [-0.39, 0.29) is 18.3 Å². The van der Waals surface area contributed by atoms with Crippen LogP contribution in [0, 0.1) is 19.7 Å². The summed E-state index contributed by atoms with van der Waals surface area (Å²) in [5.74, 6) is -0.250. The van der Waals surface area contributed by atoms with Gasteiger partial charge in [0.2, 0.25) is 5.65 Å². The molecular formula is C23H20FN8O+. The van der Waals surface area contributed by atoms with Gasteiger partial charge in [0.05, 0.1) is 17.8 Å². The molecule has 0 saturated heterocycles. The zero-order valence-electron chi connectivity index (χ0n) is 18.0. The van der Waals surface area contributed by atoms with Gasteiger partial charge in [-0.2, -0.15) is 14.9 Å². The van der Waals surface area contributed by atoms with Crippen molar-refractivity contribution in [2.24, 2.45) is 0 Å². The molecule has 0 unspecified atom stereocenters. The lowest BCUT2D eigenvalue weighted by Crippen LogP contribution is -2.28. The van der Waals surface area contributed by atoms with Crippen molar-refractivity contribution in [3.05, 3.63) is 88.1 Å². The molecule has 0 radical (unpaired) electrons. The highest BCUT2D eigenvalue weighted by Gasteiger charge is 2.26. The first-order valence-electron chi connectivity index (χ1n) is 10.2. The second kappa shape index (κ2) is 7.90. The molecule has 10 heteroatoms. The number of nitrogens with one attached hydrogen (secondary N) is 1. The summed E-state index contributed by atoms with van der Waals surface area (Å²) >= 11 is 0. The molecule has 0 aliphatic heterocycles. The minimum absolute atomic E-state index is 0.103. The standard InChI is InChI=1S/C23H19FN8O/c1-13-10-16(11-14(2)27-13)19-20(15-5-7-17(24)8-6-15)28-22(25)32-21(19)30-31(23(32)33)12-18-4-3-9-26-29-18/h3-11H,12H2,1-2H3,(H2,25,28)/p+1.